The van der Waals surface area contributed by atoms with Crippen LogP contribution in [0.1, 0.15) is 37.8 Å². The lowest BCUT2D eigenvalue weighted by Gasteiger charge is -2.24. The summed E-state index contributed by atoms with van der Waals surface area (Å²) in [6, 6.07) is 7.51. The van der Waals surface area contributed by atoms with E-state index in [0.29, 0.717) is 12.2 Å². The van der Waals surface area contributed by atoms with Crippen LogP contribution < -0.4 is 5.32 Å². The highest BCUT2D eigenvalue weighted by Crippen LogP contribution is 2.15. The van der Waals surface area contributed by atoms with Gasteiger partial charge in [-0.1, -0.05) is 30.3 Å². The number of amides is 1. The van der Waals surface area contributed by atoms with Crippen molar-refractivity contribution in [1.82, 2.24) is 5.32 Å². The Kier molecular flexibility index (Phi) is 6.55. The van der Waals surface area contributed by atoms with Gasteiger partial charge in [0.15, 0.2) is 6.04 Å². The molecule has 1 aliphatic rings. The quantitative estimate of drug-likeness (QED) is 0.801. The molecule has 1 saturated heterocycles. The minimum atomic E-state index is -1.10. The normalized spacial score (nSPS) is 20.5. The van der Waals surface area contributed by atoms with Crippen molar-refractivity contribution in [3.05, 3.63) is 35.9 Å². The largest absolute Gasteiger partial charge is 0.479 e. The predicted octanol–water partition coefficient (Wildman–Crippen LogP) is 1.90. The van der Waals surface area contributed by atoms with Crippen molar-refractivity contribution in [3.8, 4) is 0 Å². The topological polar surface area (TPSA) is 84.9 Å². The fraction of sp³-hybridized carbons (Fsp3) is 0.529. The third-order valence-corrected chi connectivity index (χ3v) is 3.84. The fourth-order valence-corrected chi connectivity index (χ4v) is 2.46. The molecule has 2 rings (SSSR count). The number of hydrogen-bond acceptors (Lipinski definition) is 4. The summed E-state index contributed by atoms with van der Waals surface area (Å²) >= 11 is 0. The predicted molar refractivity (Wildman–Crippen MR) is 84.0 cm³/mol. The fourth-order valence-electron chi connectivity index (χ4n) is 2.46. The molecule has 2 N–H and O–H groups in total. The van der Waals surface area contributed by atoms with Crippen LogP contribution in [-0.4, -0.2) is 42.4 Å². The van der Waals surface area contributed by atoms with Gasteiger partial charge in [0.1, 0.15) is 6.10 Å². The molecule has 0 bridgehead atoms. The van der Waals surface area contributed by atoms with E-state index in [-0.39, 0.29) is 6.10 Å². The van der Waals surface area contributed by atoms with Gasteiger partial charge < -0.3 is 19.9 Å². The Labute approximate surface area is 135 Å². The van der Waals surface area contributed by atoms with E-state index in [1.54, 1.807) is 37.3 Å². The van der Waals surface area contributed by atoms with E-state index in [1.807, 2.05) is 0 Å². The molecule has 2 unspecified atom stereocenters. The molecule has 1 aromatic rings. The summed E-state index contributed by atoms with van der Waals surface area (Å²) in [6.45, 7) is 2.68. The molecule has 0 saturated carbocycles. The van der Waals surface area contributed by atoms with Crippen molar-refractivity contribution in [3.63, 3.8) is 0 Å². The first-order chi connectivity index (χ1) is 11.1. The van der Waals surface area contributed by atoms with Crippen LogP contribution in [0.25, 0.3) is 0 Å². The number of aliphatic carboxylic acids is 1. The molecule has 1 heterocycles. The van der Waals surface area contributed by atoms with Crippen molar-refractivity contribution >= 4 is 11.9 Å². The summed E-state index contributed by atoms with van der Waals surface area (Å²) < 4.78 is 11.1. The molecule has 126 valence electrons. The molecular formula is C17H23NO5. The van der Waals surface area contributed by atoms with Crippen molar-refractivity contribution in [2.45, 2.75) is 44.4 Å². The van der Waals surface area contributed by atoms with Gasteiger partial charge in [0.05, 0.1) is 12.7 Å². The van der Waals surface area contributed by atoms with Gasteiger partial charge in [-0.15, -0.1) is 0 Å². The average molecular weight is 321 g/mol. The molecule has 1 amide bonds. The molecule has 1 aromatic carbocycles. The zero-order valence-corrected chi connectivity index (χ0v) is 13.2. The van der Waals surface area contributed by atoms with Gasteiger partial charge in [-0.3, -0.25) is 4.79 Å². The lowest BCUT2D eigenvalue weighted by atomic mass is 10.1. The minimum absolute atomic E-state index is 0.0170. The molecule has 1 aliphatic heterocycles. The standard InChI is InChI=1S/C17H23NO5/c1-12(23-11-14-9-5-6-10-22-14)16(19)18-15(17(20)21)13-7-3-2-4-8-13/h2-4,7-8,12,14-15H,5-6,9-11H2,1H3,(H,18,19)(H,20,21)/t12?,14?,15-/m1/s1. The Bertz CT molecular complexity index is 513. The van der Waals surface area contributed by atoms with E-state index in [2.05, 4.69) is 5.32 Å². The van der Waals surface area contributed by atoms with Crippen molar-refractivity contribution in [2.75, 3.05) is 13.2 Å². The Morgan fingerprint density at radius 1 is 1.35 bits per heavy atom. The summed E-state index contributed by atoms with van der Waals surface area (Å²) in [4.78, 5) is 23.6. The maximum Gasteiger partial charge on any atom is 0.330 e. The van der Waals surface area contributed by atoms with E-state index in [4.69, 9.17) is 9.47 Å². The number of hydrogen-bond donors (Lipinski definition) is 2. The van der Waals surface area contributed by atoms with Crippen LogP contribution in [0.15, 0.2) is 30.3 Å². The Morgan fingerprint density at radius 2 is 2.09 bits per heavy atom. The van der Waals surface area contributed by atoms with Gasteiger partial charge in [-0.2, -0.15) is 0 Å². The van der Waals surface area contributed by atoms with Gasteiger partial charge in [0.2, 0.25) is 5.91 Å². The van der Waals surface area contributed by atoms with Crippen molar-refractivity contribution in [2.24, 2.45) is 0 Å². The first-order valence-corrected chi connectivity index (χ1v) is 7.89. The van der Waals surface area contributed by atoms with Crippen LogP contribution in [-0.2, 0) is 19.1 Å². The second kappa shape index (κ2) is 8.64. The highest BCUT2D eigenvalue weighted by Gasteiger charge is 2.25. The van der Waals surface area contributed by atoms with Crippen LogP contribution in [0.2, 0.25) is 0 Å². The van der Waals surface area contributed by atoms with Crippen molar-refractivity contribution < 1.29 is 24.2 Å². The lowest BCUT2D eigenvalue weighted by molar-refractivity contribution is -0.145. The number of rotatable bonds is 7. The Balaban J connectivity index is 1.86. The van der Waals surface area contributed by atoms with Crippen LogP contribution >= 0.6 is 0 Å². The minimum Gasteiger partial charge on any atom is -0.479 e. The lowest BCUT2D eigenvalue weighted by Crippen LogP contribution is -2.41. The second-order valence-corrected chi connectivity index (χ2v) is 5.65. The zero-order valence-electron chi connectivity index (χ0n) is 13.2. The van der Waals surface area contributed by atoms with Gasteiger partial charge in [0.25, 0.3) is 0 Å². The monoisotopic (exact) mass is 321 g/mol. The molecule has 1 fully saturated rings. The van der Waals surface area contributed by atoms with Crippen LogP contribution in [0, 0.1) is 0 Å². The number of carboxylic acid groups (broad SMARTS) is 1. The SMILES string of the molecule is CC(OCC1CCCCO1)C(=O)N[C@@H](C(=O)O)c1ccccc1. The molecule has 3 atom stereocenters. The Hall–Kier alpha value is -1.92. The number of nitrogens with one attached hydrogen (secondary N) is 1. The summed E-state index contributed by atoms with van der Waals surface area (Å²) in [5.41, 5.74) is 0.524. The van der Waals surface area contributed by atoms with Crippen LogP contribution in [0.3, 0.4) is 0 Å². The summed E-state index contributed by atoms with van der Waals surface area (Å²) in [5.74, 6) is -1.55. The van der Waals surface area contributed by atoms with E-state index < -0.39 is 24.0 Å². The summed E-state index contributed by atoms with van der Waals surface area (Å²) in [5, 5.41) is 11.8. The van der Waals surface area contributed by atoms with Gasteiger partial charge in [-0.25, -0.2) is 4.79 Å². The van der Waals surface area contributed by atoms with E-state index >= 15 is 0 Å². The first-order valence-electron chi connectivity index (χ1n) is 7.89. The average Bonchev–Trinajstić information content (AvgIpc) is 2.58. The third kappa shape index (κ3) is 5.33. The number of ether oxygens (including phenoxy) is 2. The van der Waals surface area contributed by atoms with Gasteiger partial charge >= 0.3 is 5.97 Å². The van der Waals surface area contributed by atoms with Crippen LogP contribution in [0.5, 0.6) is 0 Å². The molecular weight excluding hydrogens is 298 g/mol. The van der Waals surface area contributed by atoms with Gasteiger partial charge in [-0.05, 0) is 31.7 Å². The van der Waals surface area contributed by atoms with E-state index in [9.17, 15) is 14.7 Å². The number of benzene rings is 1. The summed E-state index contributed by atoms with van der Waals surface area (Å²) in [6.07, 6.45) is 2.37. The van der Waals surface area contributed by atoms with E-state index in [0.717, 1.165) is 25.9 Å². The maximum atomic E-state index is 12.2. The zero-order chi connectivity index (χ0) is 16.7. The summed E-state index contributed by atoms with van der Waals surface area (Å²) in [7, 11) is 0. The smallest absolute Gasteiger partial charge is 0.330 e. The molecule has 0 spiro atoms. The molecule has 6 heteroatoms. The van der Waals surface area contributed by atoms with Crippen molar-refractivity contribution in [1.29, 1.82) is 0 Å². The molecule has 0 aliphatic carbocycles. The second-order valence-electron chi connectivity index (χ2n) is 5.65. The highest BCUT2D eigenvalue weighted by atomic mass is 16.5. The molecule has 6 nitrogen and oxygen atoms in total. The van der Waals surface area contributed by atoms with Gasteiger partial charge in [0, 0.05) is 6.61 Å². The molecule has 0 radical (unpaired) electrons. The number of carboxylic acids is 1. The first kappa shape index (κ1) is 17.4. The Morgan fingerprint density at radius 3 is 2.70 bits per heavy atom. The molecule has 0 aromatic heterocycles. The molecule has 23 heavy (non-hydrogen) atoms. The van der Waals surface area contributed by atoms with E-state index in [1.165, 1.54) is 0 Å². The maximum absolute atomic E-state index is 12.2. The highest BCUT2D eigenvalue weighted by molar-refractivity contribution is 5.86. The third-order valence-electron chi connectivity index (χ3n) is 3.84. The number of carbonyl (C=O) groups is 2. The van der Waals surface area contributed by atoms with Crippen LogP contribution in [0.4, 0.5) is 0 Å². The number of carbonyl (C=O) groups excluding carboxylic acids is 1.